The van der Waals surface area contributed by atoms with E-state index in [0.717, 1.165) is 17.1 Å². The van der Waals surface area contributed by atoms with Gasteiger partial charge in [-0.2, -0.15) is 5.10 Å². The van der Waals surface area contributed by atoms with E-state index in [1.807, 2.05) is 42.8 Å². The zero-order valence-electron chi connectivity index (χ0n) is 19.5. The molecule has 190 valence electrons. The minimum Gasteiger partial charge on any atom is -0.332 e. The molecule has 4 N–H and O–H groups in total. The van der Waals surface area contributed by atoms with Gasteiger partial charge >= 0.3 is 0 Å². The van der Waals surface area contributed by atoms with Crippen molar-refractivity contribution in [2.24, 2.45) is 0 Å². The van der Waals surface area contributed by atoms with Gasteiger partial charge in [0.05, 0.1) is 17.1 Å². The summed E-state index contributed by atoms with van der Waals surface area (Å²) in [6, 6.07) is 17.9. The highest BCUT2D eigenvalue weighted by atomic mass is 35.5. The molecular weight excluding hydrogens is 590 g/mol. The zero-order valence-corrected chi connectivity index (χ0v) is 24.2. The first-order valence-electron chi connectivity index (χ1n) is 10.8. The average Bonchev–Trinajstić information content (AvgIpc) is 3.09. The third-order valence-corrected chi connectivity index (χ3v) is 6.26. The Morgan fingerprint density at radius 1 is 0.649 bits per heavy atom. The van der Waals surface area contributed by atoms with Gasteiger partial charge in [0, 0.05) is 42.8 Å². The number of nitrogens with one attached hydrogen (secondary N) is 4. The van der Waals surface area contributed by atoms with Gasteiger partial charge in [0.2, 0.25) is 0 Å². The Bertz CT molecular complexity index is 1460. The van der Waals surface area contributed by atoms with Gasteiger partial charge in [-0.25, -0.2) is 4.68 Å². The van der Waals surface area contributed by atoms with E-state index in [1.54, 1.807) is 36.4 Å². The number of hydrogen-bond donors (Lipinski definition) is 4. The maximum absolute atomic E-state index is 6.12. The van der Waals surface area contributed by atoms with Gasteiger partial charge < -0.3 is 21.3 Å². The predicted octanol–water partition coefficient (Wildman–Crippen LogP) is 8.72. The highest BCUT2D eigenvalue weighted by molar-refractivity contribution is 7.81. The predicted molar refractivity (Wildman–Crippen MR) is 166 cm³/mol. The van der Waals surface area contributed by atoms with Crippen molar-refractivity contribution < 1.29 is 0 Å². The van der Waals surface area contributed by atoms with Crippen molar-refractivity contribution in [2.45, 2.75) is 13.8 Å². The molecule has 0 aliphatic carbocycles. The Hall–Kier alpha value is -2.59. The number of hydrogen-bond acceptors (Lipinski definition) is 3. The second kappa shape index (κ2) is 11.9. The van der Waals surface area contributed by atoms with Crippen LogP contribution in [-0.2, 0) is 0 Å². The third kappa shape index (κ3) is 7.47. The lowest BCUT2D eigenvalue weighted by atomic mass is 10.2. The van der Waals surface area contributed by atoms with E-state index in [0.29, 0.717) is 53.1 Å². The van der Waals surface area contributed by atoms with E-state index in [9.17, 15) is 0 Å². The van der Waals surface area contributed by atoms with Crippen LogP contribution in [0, 0.1) is 13.8 Å². The van der Waals surface area contributed by atoms with Crippen LogP contribution in [0.4, 0.5) is 22.7 Å². The summed E-state index contributed by atoms with van der Waals surface area (Å²) in [7, 11) is 0. The fourth-order valence-electron chi connectivity index (χ4n) is 3.60. The average molecular weight is 610 g/mol. The summed E-state index contributed by atoms with van der Waals surface area (Å²) < 4.78 is 1.84. The summed E-state index contributed by atoms with van der Waals surface area (Å²) >= 11 is 35.5. The molecule has 1 heterocycles. The van der Waals surface area contributed by atoms with Crippen molar-refractivity contribution in [3.05, 3.63) is 92.1 Å². The first kappa shape index (κ1) is 27.4. The normalized spacial score (nSPS) is 10.6. The van der Waals surface area contributed by atoms with E-state index in [1.165, 1.54) is 0 Å². The van der Waals surface area contributed by atoms with Crippen molar-refractivity contribution >= 4 is 104 Å². The summed E-state index contributed by atoms with van der Waals surface area (Å²) in [5, 5.41) is 19.9. The van der Waals surface area contributed by atoms with Crippen LogP contribution in [0.1, 0.15) is 11.4 Å². The van der Waals surface area contributed by atoms with Gasteiger partial charge in [-0.15, -0.1) is 0 Å². The van der Waals surface area contributed by atoms with Gasteiger partial charge in [-0.05, 0) is 98.9 Å². The maximum atomic E-state index is 6.12. The summed E-state index contributed by atoms with van der Waals surface area (Å²) in [5.74, 6) is 0. The van der Waals surface area contributed by atoms with Gasteiger partial charge in [-0.3, -0.25) is 0 Å². The molecule has 4 aromatic rings. The molecule has 0 saturated heterocycles. The number of aryl methyl sites for hydroxylation is 2. The number of aromatic nitrogens is 2. The van der Waals surface area contributed by atoms with Crippen LogP contribution in [0.15, 0.2) is 60.7 Å². The van der Waals surface area contributed by atoms with Crippen LogP contribution in [0.2, 0.25) is 20.1 Å². The van der Waals surface area contributed by atoms with Crippen molar-refractivity contribution in [2.75, 3.05) is 21.3 Å². The fourth-order valence-corrected chi connectivity index (χ4v) is 5.12. The topological polar surface area (TPSA) is 65.9 Å². The van der Waals surface area contributed by atoms with Gasteiger partial charge in [0.25, 0.3) is 0 Å². The first-order chi connectivity index (χ1) is 17.5. The molecule has 0 saturated carbocycles. The number of rotatable bonds is 5. The lowest BCUT2D eigenvalue weighted by Gasteiger charge is -2.18. The van der Waals surface area contributed by atoms with Gasteiger partial charge in [-0.1, -0.05) is 46.4 Å². The van der Waals surface area contributed by atoms with Crippen molar-refractivity contribution in [3.63, 3.8) is 0 Å². The van der Waals surface area contributed by atoms with Crippen LogP contribution < -0.4 is 21.3 Å². The lowest BCUT2D eigenvalue weighted by Crippen LogP contribution is -2.22. The number of anilines is 4. The number of nitrogens with zero attached hydrogens (tertiary/aromatic N) is 2. The smallest absolute Gasteiger partial charge is 0.175 e. The molecule has 0 fully saturated rings. The molecule has 12 heteroatoms. The highest BCUT2D eigenvalue weighted by Crippen LogP contribution is 2.28. The van der Waals surface area contributed by atoms with E-state index >= 15 is 0 Å². The zero-order chi connectivity index (χ0) is 26.7. The van der Waals surface area contributed by atoms with Gasteiger partial charge in [0.1, 0.15) is 0 Å². The van der Waals surface area contributed by atoms with Crippen LogP contribution in [0.3, 0.4) is 0 Å². The molecule has 0 bridgehead atoms. The molecule has 0 amide bonds. The third-order valence-electron chi connectivity index (χ3n) is 4.98. The Morgan fingerprint density at radius 3 is 1.62 bits per heavy atom. The Morgan fingerprint density at radius 2 is 1.14 bits per heavy atom. The second-order valence-corrected chi connectivity index (χ2v) is 10.6. The molecule has 37 heavy (non-hydrogen) atoms. The lowest BCUT2D eigenvalue weighted by molar-refractivity contribution is 0.835. The van der Waals surface area contributed by atoms with Crippen molar-refractivity contribution in [1.29, 1.82) is 0 Å². The molecule has 0 atom stereocenters. The van der Waals surface area contributed by atoms with E-state index in [4.69, 9.17) is 70.8 Å². The molecule has 4 rings (SSSR count). The SMILES string of the molecule is Cc1cc(C)n(-c2ccc(NC(=S)Nc3cc(Cl)cc(Cl)c3)cc2NC(=S)Nc2cc(Cl)cc(Cl)c2)n1. The van der Waals surface area contributed by atoms with Crippen LogP contribution in [-0.4, -0.2) is 20.0 Å². The molecular formula is C25H20Cl4N6S2. The monoisotopic (exact) mass is 608 g/mol. The molecule has 3 aromatic carbocycles. The standard InChI is InChI=1S/C25H20Cl4N6S2/c1-13-5-14(2)35(34-13)23-4-3-19(30-24(36)31-20-8-15(26)6-16(27)9-20)12-22(23)33-25(37)32-21-10-17(28)7-18(29)11-21/h3-12H,1-2H3,(H2,30,31,36)(H2,32,33,37). The van der Waals surface area contributed by atoms with Crippen LogP contribution in [0.25, 0.3) is 5.69 Å². The molecule has 6 nitrogen and oxygen atoms in total. The van der Waals surface area contributed by atoms with Crippen LogP contribution >= 0.6 is 70.8 Å². The molecule has 0 radical (unpaired) electrons. The summed E-state index contributed by atoms with van der Waals surface area (Å²) in [6.45, 7) is 3.92. The summed E-state index contributed by atoms with van der Waals surface area (Å²) in [5.41, 5.74) is 5.38. The number of benzene rings is 3. The van der Waals surface area contributed by atoms with Gasteiger partial charge in [0.15, 0.2) is 10.2 Å². The second-order valence-electron chi connectivity index (χ2n) is 8.05. The largest absolute Gasteiger partial charge is 0.332 e. The minimum atomic E-state index is 0.340. The minimum absolute atomic E-state index is 0.340. The maximum Gasteiger partial charge on any atom is 0.175 e. The molecule has 0 aliphatic heterocycles. The van der Waals surface area contributed by atoms with E-state index < -0.39 is 0 Å². The highest BCUT2D eigenvalue weighted by Gasteiger charge is 2.13. The van der Waals surface area contributed by atoms with Crippen molar-refractivity contribution in [1.82, 2.24) is 9.78 Å². The quantitative estimate of drug-likeness (QED) is 0.169. The Balaban J connectivity index is 1.59. The molecule has 0 spiro atoms. The number of halogens is 4. The Labute approximate surface area is 245 Å². The van der Waals surface area contributed by atoms with E-state index in [-0.39, 0.29) is 0 Å². The summed E-state index contributed by atoms with van der Waals surface area (Å²) in [4.78, 5) is 0. The first-order valence-corrected chi connectivity index (χ1v) is 13.1. The Kier molecular flexibility index (Phi) is 8.79. The summed E-state index contributed by atoms with van der Waals surface area (Å²) in [6.07, 6.45) is 0. The molecule has 0 aliphatic rings. The van der Waals surface area contributed by atoms with Crippen molar-refractivity contribution in [3.8, 4) is 5.69 Å². The molecule has 1 aromatic heterocycles. The fraction of sp³-hybridized carbons (Fsp3) is 0.0800. The van der Waals surface area contributed by atoms with E-state index in [2.05, 4.69) is 26.4 Å². The number of thiocarbonyl (C=S) groups is 2. The van der Waals surface area contributed by atoms with Crippen LogP contribution in [0.5, 0.6) is 0 Å². The molecule has 0 unspecified atom stereocenters.